The van der Waals surface area contributed by atoms with Crippen LogP contribution in [-0.2, 0) is 4.79 Å². The summed E-state index contributed by atoms with van der Waals surface area (Å²) in [5, 5.41) is 2.94. The number of aromatic amines is 1. The van der Waals surface area contributed by atoms with E-state index < -0.39 is 0 Å². The zero-order valence-electron chi connectivity index (χ0n) is 11.9. The largest absolute Gasteiger partial charge is 0.354 e. The topological polar surface area (TPSA) is 74.8 Å². The van der Waals surface area contributed by atoms with E-state index in [2.05, 4.69) is 15.3 Å². The number of hydrogen-bond donors (Lipinski definition) is 2. The number of carbonyl (C=O) groups excluding carboxylic acids is 2. The lowest BCUT2D eigenvalue weighted by atomic mass is 10.1. The van der Waals surface area contributed by atoms with Crippen molar-refractivity contribution < 1.29 is 9.59 Å². The number of H-pyrrole nitrogens is 1. The molecule has 6 heteroatoms. The molecule has 0 saturated carbocycles. The van der Waals surface area contributed by atoms with E-state index in [0.29, 0.717) is 4.91 Å². The molecular formula is C17H11N3O2S. The third-order valence-electron chi connectivity index (χ3n) is 3.63. The molecule has 5 nitrogen and oxygen atoms in total. The van der Waals surface area contributed by atoms with Crippen LogP contribution in [0.3, 0.4) is 0 Å². The second-order valence-corrected chi connectivity index (χ2v) is 6.06. The number of nitrogens with one attached hydrogen (secondary N) is 2. The molecule has 1 saturated heterocycles. The molecule has 0 unspecified atom stereocenters. The average Bonchev–Trinajstić information content (AvgIpc) is 3.09. The summed E-state index contributed by atoms with van der Waals surface area (Å²) in [6.07, 6.45) is 5.20. The van der Waals surface area contributed by atoms with Crippen molar-refractivity contribution in [1.82, 2.24) is 15.3 Å². The quantitative estimate of drug-likeness (QED) is 0.708. The Morgan fingerprint density at radius 2 is 1.83 bits per heavy atom. The van der Waals surface area contributed by atoms with E-state index in [1.807, 2.05) is 36.4 Å². The van der Waals surface area contributed by atoms with Gasteiger partial charge in [0.15, 0.2) is 0 Å². The minimum absolute atomic E-state index is 0.341. The summed E-state index contributed by atoms with van der Waals surface area (Å²) >= 11 is 0.920. The van der Waals surface area contributed by atoms with Crippen LogP contribution in [0.25, 0.3) is 28.2 Å². The highest BCUT2D eigenvalue weighted by atomic mass is 32.2. The molecule has 0 bridgehead atoms. The van der Waals surface area contributed by atoms with Gasteiger partial charge in [-0.3, -0.25) is 19.9 Å². The number of aromatic nitrogens is 2. The van der Waals surface area contributed by atoms with Crippen molar-refractivity contribution in [3.8, 4) is 11.3 Å². The highest BCUT2D eigenvalue weighted by Gasteiger charge is 2.26. The van der Waals surface area contributed by atoms with E-state index in [9.17, 15) is 9.59 Å². The molecule has 1 aromatic carbocycles. The Labute approximate surface area is 135 Å². The summed E-state index contributed by atoms with van der Waals surface area (Å²) in [6, 6.07) is 11.7. The molecule has 23 heavy (non-hydrogen) atoms. The van der Waals surface area contributed by atoms with Crippen molar-refractivity contribution in [3.63, 3.8) is 0 Å². The van der Waals surface area contributed by atoms with Crippen molar-refractivity contribution >= 4 is 39.9 Å². The first-order chi connectivity index (χ1) is 11.2. The minimum Gasteiger partial charge on any atom is -0.354 e. The average molecular weight is 321 g/mol. The third-order valence-corrected chi connectivity index (χ3v) is 4.44. The molecule has 1 fully saturated rings. The number of nitrogens with zero attached hydrogens (tertiary/aromatic N) is 1. The molecule has 0 spiro atoms. The van der Waals surface area contributed by atoms with E-state index in [1.54, 1.807) is 18.5 Å². The predicted molar refractivity (Wildman–Crippen MR) is 90.6 cm³/mol. The Kier molecular flexibility index (Phi) is 3.24. The fraction of sp³-hybridized carbons (Fsp3) is 0. The first kappa shape index (κ1) is 13.8. The number of benzene rings is 1. The van der Waals surface area contributed by atoms with E-state index in [4.69, 9.17) is 0 Å². The van der Waals surface area contributed by atoms with Crippen LogP contribution >= 0.6 is 11.8 Å². The van der Waals surface area contributed by atoms with Crippen LogP contribution in [0.1, 0.15) is 5.56 Å². The number of pyridine rings is 1. The number of hydrogen-bond acceptors (Lipinski definition) is 4. The van der Waals surface area contributed by atoms with Crippen molar-refractivity contribution in [2.75, 3.05) is 0 Å². The number of fused-ring (bicyclic) bond motifs is 1. The first-order valence-corrected chi connectivity index (χ1v) is 7.80. The maximum Gasteiger partial charge on any atom is 0.290 e. The van der Waals surface area contributed by atoms with Crippen molar-refractivity contribution in [1.29, 1.82) is 0 Å². The van der Waals surface area contributed by atoms with Crippen LogP contribution in [-0.4, -0.2) is 21.1 Å². The summed E-state index contributed by atoms with van der Waals surface area (Å²) in [6.45, 7) is 0. The molecule has 3 heterocycles. The molecule has 112 valence electrons. The van der Waals surface area contributed by atoms with E-state index >= 15 is 0 Å². The van der Waals surface area contributed by atoms with Gasteiger partial charge in [0, 0.05) is 34.4 Å². The fourth-order valence-corrected chi connectivity index (χ4v) is 3.28. The highest BCUT2D eigenvalue weighted by molar-refractivity contribution is 8.18. The lowest BCUT2D eigenvalue weighted by Crippen LogP contribution is -2.17. The van der Waals surface area contributed by atoms with Crippen molar-refractivity contribution in [2.24, 2.45) is 0 Å². The Morgan fingerprint density at radius 3 is 2.57 bits per heavy atom. The number of para-hydroxylation sites is 1. The van der Waals surface area contributed by atoms with Crippen molar-refractivity contribution in [3.05, 3.63) is 59.3 Å². The standard InChI is InChI=1S/C17H11N3O2S/c21-16-14(23-17(22)20-16)9-12-11-3-1-2-4-13(11)19-15(12)10-5-7-18-8-6-10/h1-9,19H,(H,20,21,22)/b14-9-. The van der Waals surface area contributed by atoms with Gasteiger partial charge >= 0.3 is 0 Å². The molecule has 0 atom stereocenters. The number of amides is 2. The third kappa shape index (κ3) is 2.43. The zero-order valence-corrected chi connectivity index (χ0v) is 12.7. The maximum atomic E-state index is 11.9. The Hall–Kier alpha value is -2.86. The SMILES string of the molecule is O=C1NC(=O)/C(=C/c2c(-c3ccncc3)[nH]c3ccccc23)S1. The van der Waals surface area contributed by atoms with Gasteiger partial charge in [0.05, 0.1) is 10.6 Å². The van der Waals surface area contributed by atoms with Gasteiger partial charge in [0.25, 0.3) is 11.1 Å². The second-order valence-electron chi connectivity index (χ2n) is 5.05. The van der Waals surface area contributed by atoms with Gasteiger partial charge in [0.1, 0.15) is 0 Å². The summed E-state index contributed by atoms with van der Waals surface area (Å²) in [4.78, 5) is 31.1. The summed E-state index contributed by atoms with van der Waals surface area (Å²) < 4.78 is 0. The van der Waals surface area contributed by atoms with E-state index in [1.165, 1.54) is 0 Å². The fourth-order valence-electron chi connectivity index (χ4n) is 2.61. The Bertz CT molecular complexity index is 960. The van der Waals surface area contributed by atoms with Crippen LogP contribution in [0, 0.1) is 0 Å². The molecule has 0 aliphatic carbocycles. The van der Waals surface area contributed by atoms with Gasteiger partial charge in [0.2, 0.25) is 0 Å². The minimum atomic E-state index is -0.356. The van der Waals surface area contributed by atoms with Crippen molar-refractivity contribution in [2.45, 2.75) is 0 Å². The lowest BCUT2D eigenvalue weighted by Gasteiger charge is -2.01. The van der Waals surface area contributed by atoms with Gasteiger partial charge in [-0.1, -0.05) is 18.2 Å². The maximum absolute atomic E-state index is 11.9. The summed E-state index contributed by atoms with van der Waals surface area (Å²) in [7, 11) is 0. The van der Waals surface area contributed by atoms with Crippen LogP contribution in [0.15, 0.2) is 53.7 Å². The molecule has 2 amide bonds. The Morgan fingerprint density at radius 1 is 1.04 bits per heavy atom. The predicted octanol–water partition coefficient (Wildman–Crippen LogP) is 3.55. The van der Waals surface area contributed by atoms with Gasteiger partial charge < -0.3 is 4.98 Å². The van der Waals surface area contributed by atoms with Crippen LogP contribution in [0.4, 0.5) is 4.79 Å². The monoisotopic (exact) mass is 321 g/mol. The Balaban J connectivity index is 1.95. The number of rotatable bonds is 2. The molecular weight excluding hydrogens is 310 g/mol. The summed E-state index contributed by atoms with van der Waals surface area (Å²) in [5.41, 5.74) is 3.73. The molecule has 1 aliphatic rings. The molecule has 1 aliphatic heterocycles. The second kappa shape index (κ2) is 5.40. The van der Waals surface area contributed by atoms with Gasteiger partial charge in [-0.15, -0.1) is 0 Å². The lowest BCUT2D eigenvalue weighted by molar-refractivity contribution is -0.115. The normalized spacial score (nSPS) is 16.3. The summed E-state index contributed by atoms with van der Waals surface area (Å²) in [5.74, 6) is -0.356. The van der Waals surface area contributed by atoms with Gasteiger partial charge in [-0.2, -0.15) is 0 Å². The van der Waals surface area contributed by atoms with E-state index in [0.717, 1.165) is 39.5 Å². The number of carbonyl (C=O) groups is 2. The van der Waals surface area contributed by atoms with Gasteiger partial charge in [-0.25, -0.2) is 0 Å². The first-order valence-electron chi connectivity index (χ1n) is 6.98. The van der Waals surface area contributed by atoms with Crippen LogP contribution < -0.4 is 5.32 Å². The van der Waals surface area contributed by atoms with Crippen LogP contribution in [0.2, 0.25) is 0 Å². The molecule has 4 rings (SSSR count). The molecule has 2 N–H and O–H groups in total. The molecule has 0 radical (unpaired) electrons. The van der Waals surface area contributed by atoms with Crippen LogP contribution in [0.5, 0.6) is 0 Å². The smallest absolute Gasteiger partial charge is 0.290 e. The number of thioether (sulfide) groups is 1. The van der Waals surface area contributed by atoms with Gasteiger partial charge in [-0.05, 0) is 36.0 Å². The molecule has 3 aromatic rings. The molecule has 2 aromatic heterocycles. The number of imide groups is 1. The highest BCUT2D eigenvalue weighted by Crippen LogP contribution is 2.34. The zero-order chi connectivity index (χ0) is 15.8. The van der Waals surface area contributed by atoms with E-state index in [-0.39, 0.29) is 11.1 Å².